The van der Waals surface area contributed by atoms with E-state index in [1.165, 1.54) is 11.1 Å². The van der Waals surface area contributed by atoms with E-state index in [0.29, 0.717) is 12.1 Å². The molecule has 0 bridgehead atoms. The van der Waals surface area contributed by atoms with Crippen LogP contribution < -0.4 is 5.32 Å². The summed E-state index contributed by atoms with van der Waals surface area (Å²) in [6.45, 7) is 4.51. The van der Waals surface area contributed by atoms with Crippen LogP contribution in [0.1, 0.15) is 27.2 Å². The number of benzene rings is 2. The summed E-state index contributed by atoms with van der Waals surface area (Å²) in [5.74, 6) is -0.175. The van der Waals surface area contributed by atoms with Gasteiger partial charge in [0.2, 0.25) is 0 Å². The van der Waals surface area contributed by atoms with Gasteiger partial charge in [0.1, 0.15) is 0 Å². The summed E-state index contributed by atoms with van der Waals surface area (Å²) in [4.78, 5) is 19.2. The van der Waals surface area contributed by atoms with E-state index < -0.39 is 6.10 Å². The minimum absolute atomic E-state index is 0.175. The van der Waals surface area contributed by atoms with E-state index in [4.69, 9.17) is 0 Å². The first-order valence-electron chi connectivity index (χ1n) is 9.71. The molecule has 144 valence electrons. The van der Waals surface area contributed by atoms with Gasteiger partial charge in [-0.05, 0) is 48.7 Å². The monoisotopic (exact) mass is 375 g/mol. The number of aliphatic hydroxyl groups excluding tert-OH is 1. The lowest BCUT2D eigenvalue weighted by Crippen LogP contribution is -2.42. The first kappa shape index (κ1) is 18.6. The molecule has 0 saturated heterocycles. The van der Waals surface area contributed by atoms with Gasteiger partial charge in [0.05, 0.1) is 11.6 Å². The van der Waals surface area contributed by atoms with E-state index in [0.717, 1.165) is 36.1 Å². The van der Waals surface area contributed by atoms with Gasteiger partial charge in [-0.3, -0.25) is 14.7 Å². The van der Waals surface area contributed by atoms with Gasteiger partial charge in [0.25, 0.3) is 5.91 Å². The number of aliphatic hydroxyl groups is 1. The molecule has 1 aliphatic rings. The maximum atomic E-state index is 12.5. The predicted molar refractivity (Wildman–Crippen MR) is 110 cm³/mol. The Morgan fingerprint density at radius 3 is 2.86 bits per heavy atom. The second-order valence-corrected chi connectivity index (χ2v) is 7.48. The van der Waals surface area contributed by atoms with E-state index >= 15 is 0 Å². The highest BCUT2D eigenvalue weighted by Crippen LogP contribution is 2.18. The summed E-state index contributed by atoms with van der Waals surface area (Å²) in [6.07, 6.45) is 0.402. The number of β-amino-alcohol motifs (C(OH)–C–C–N with tert-alkyl or cyclic N) is 1. The topological polar surface area (TPSA) is 65.5 Å². The van der Waals surface area contributed by atoms with Crippen LogP contribution in [0.4, 0.5) is 0 Å². The van der Waals surface area contributed by atoms with Crippen LogP contribution in [-0.2, 0) is 13.0 Å². The second-order valence-electron chi connectivity index (χ2n) is 7.48. The van der Waals surface area contributed by atoms with Crippen molar-refractivity contribution in [2.45, 2.75) is 26.0 Å². The largest absolute Gasteiger partial charge is 0.390 e. The molecule has 1 aliphatic heterocycles. The normalized spacial score (nSPS) is 15.2. The number of carbonyl (C=O) groups is 1. The van der Waals surface area contributed by atoms with Crippen molar-refractivity contribution < 1.29 is 9.90 Å². The summed E-state index contributed by atoms with van der Waals surface area (Å²) in [5, 5.41) is 14.2. The van der Waals surface area contributed by atoms with Gasteiger partial charge in [0.15, 0.2) is 0 Å². The molecular formula is C23H25N3O2. The van der Waals surface area contributed by atoms with Crippen LogP contribution in [0.3, 0.4) is 0 Å². The number of nitrogens with zero attached hydrogens (tertiary/aromatic N) is 2. The van der Waals surface area contributed by atoms with Crippen molar-refractivity contribution in [2.24, 2.45) is 0 Å². The molecule has 0 radical (unpaired) electrons. The quantitative estimate of drug-likeness (QED) is 0.720. The fourth-order valence-electron chi connectivity index (χ4n) is 3.75. The Balaban J connectivity index is 1.31. The minimum Gasteiger partial charge on any atom is -0.390 e. The first-order chi connectivity index (χ1) is 13.6. The molecule has 4 rings (SSSR count). The molecule has 2 aromatic carbocycles. The molecule has 1 atom stereocenters. The molecule has 1 amide bonds. The molecule has 1 aromatic heterocycles. The standard InChI is InChI=1S/C23H25N3O2/c1-16-6-7-18-12-19(8-9-22(18)25-16)23(28)24-13-21(27)15-26-11-10-17-4-2-3-5-20(17)14-26/h2-9,12,21,27H,10-11,13-15H2,1H3,(H,24,28)/t21-/m1/s1. The third-order valence-corrected chi connectivity index (χ3v) is 5.27. The van der Waals surface area contributed by atoms with Crippen molar-refractivity contribution in [1.82, 2.24) is 15.2 Å². The fraction of sp³-hybridized carbons (Fsp3) is 0.304. The van der Waals surface area contributed by atoms with Crippen LogP contribution in [0.15, 0.2) is 54.6 Å². The number of hydrogen-bond donors (Lipinski definition) is 2. The molecule has 2 N–H and O–H groups in total. The smallest absolute Gasteiger partial charge is 0.251 e. The van der Waals surface area contributed by atoms with Gasteiger partial charge in [-0.15, -0.1) is 0 Å². The third-order valence-electron chi connectivity index (χ3n) is 5.27. The van der Waals surface area contributed by atoms with Crippen LogP contribution in [0.2, 0.25) is 0 Å². The van der Waals surface area contributed by atoms with Crippen molar-refractivity contribution in [2.75, 3.05) is 19.6 Å². The molecule has 0 unspecified atom stereocenters. The molecule has 0 saturated carbocycles. The summed E-state index contributed by atoms with van der Waals surface area (Å²) in [6, 6.07) is 17.8. The fourth-order valence-corrected chi connectivity index (χ4v) is 3.75. The average Bonchev–Trinajstić information content (AvgIpc) is 2.71. The lowest BCUT2D eigenvalue weighted by Gasteiger charge is -2.30. The first-order valence-corrected chi connectivity index (χ1v) is 9.71. The van der Waals surface area contributed by atoms with Gasteiger partial charge in [-0.2, -0.15) is 0 Å². The number of hydrogen-bond acceptors (Lipinski definition) is 4. The summed E-state index contributed by atoms with van der Waals surface area (Å²) in [5.41, 5.74) is 5.12. The van der Waals surface area contributed by atoms with Crippen molar-refractivity contribution in [3.8, 4) is 0 Å². The van der Waals surface area contributed by atoms with Gasteiger partial charge in [-0.1, -0.05) is 30.3 Å². The maximum Gasteiger partial charge on any atom is 0.251 e. The van der Waals surface area contributed by atoms with Gasteiger partial charge in [0, 0.05) is 42.8 Å². The third kappa shape index (κ3) is 4.21. The zero-order chi connectivity index (χ0) is 19.5. The van der Waals surface area contributed by atoms with Crippen molar-refractivity contribution in [1.29, 1.82) is 0 Å². The highest BCUT2D eigenvalue weighted by Gasteiger charge is 2.19. The Hall–Kier alpha value is -2.76. The van der Waals surface area contributed by atoms with Crippen LogP contribution in [0.25, 0.3) is 10.9 Å². The Labute approximate surface area is 165 Å². The van der Waals surface area contributed by atoms with Crippen molar-refractivity contribution >= 4 is 16.8 Å². The van der Waals surface area contributed by atoms with Crippen LogP contribution in [-0.4, -0.2) is 46.6 Å². The van der Waals surface area contributed by atoms with Gasteiger partial charge in [-0.25, -0.2) is 0 Å². The minimum atomic E-state index is -0.598. The van der Waals surface area contributed by atoms with E-state index in [1.54, 1.807) is 6.07 Å². The van der Waals surface area contributed by atoms with Gasteiger partial charge < -0.3 is 10.4 Å². The van der Waals surface area contributed by atoms with E-state index in [9.17, 15) is 9.90 Å². The molecule has 5 nitrogen and oxygen atoms in total. The van der Waals surface area contributed by atoms with E-state index in [-0.39, 0.29) is 12.5 Å². The molecule has 3 aromatic rings. The zero-order valence-electron chi connectivity index (χ0n) is 16.1. The number of rotatable bonds is 5. The molecule has 5 heteroatoms. The summed E-state index contributed by atoms with van der Waals surface area (Å²) < 4.78 is 0. The lowest BCUT2D eigenvalue weighted by molar-refractivity contribution is 0.0842. The number of aryl methyl sites for hydroxylation is 1. The number of aromatic nitrogens is 1. The molecule has 0 aliphatic carbocycles. The molecule has 0 spiro atoms. The van der Waals surface area contributed by atoms with E-state index in [1.807, 2.05) is 31.2 Å². The number of nitrogens with one attached hydrogen (secondary N) is 1. The number of pyridine rings is 1. The maximum absolute atomic E-state index is 12.5. The Bertz CT molecular complexity index is 1000. The van der Waals surface area contributed by atoms with Crippen LogP contribution in [0, 0.1) is 6.92 Å². The number of amides is 1. The van der Waals surface area contributed by atoms with Crippen molar-refractivity contribution in [3.05, 3.63) is 77.0 Å². The zero-order valence-corrected chi connectivity index (χ0v) is 16.1. The summed E-state index contributed by atoms with van der Waals surface area (Å²) >= 11 is 0. The highest BCUT2D eigenvalue weighted by atomic mass is 16.3. The second kappa shape index (κ2) is 8.09. The Kier molecular flexibility index (Phi) is 5.37. The van der Waals surface area contributed by atoms with E-state index in [2.05, 4.69) is 39.5 Å². The van der Waals surface area contributed by atoms with Crippen LogP contribution in [0.5, 0.6) is 0 Å². The van der Waals surface area contributed by atoms with Crippen molar-refractivity contribution in [3.63, 3.8) is 0 Å². The van der Waals surface area contributed by atoms with Gasteiger partial charge >= 0.3 is 0 Å². The molecular weight excluding hydrogens is 350 g/mol. The Morgan fingerprint density at radius 2 is 2.00 bits per heavy atom. The highest BCUT2D eigenvalue weighted by molar-refractivity contribution is 5.97. The van der Waals surface area contributed by atoms with Crippen LogP contribution >= 0.6 is 0 Å². The lowest BCUT2D eigenvalue weighted by atomic mass is 10.00. The number of carbonyl (C=O) groups excluding carboxylic acids is 1. The predicted octanol–water partition coefficient (Wildman–Crippen LogP) is 2.69. The molecule has 28 heavy (non-hydrogen) atoms. The molecule has 0 fully saturated rings. The SMILES string of the molecule is Cc1ccc2cc(C(=O)NC[C@@H](O)CN3CCc4ccccc4C3)ccc2n1. The number of fused-ring (bicyclic) bond motifs is 2. The Morgan fingerprint density at radius 1 is 1.18 bits per heavy atom. The molecule has 2 heterocycles. The average molecular weight is 375 g/mol. The summed E-state index contributed by atoms with van der Waals surface area (Å²) in [7, 11) is 0.